The lowest BCUT2D eigenvalue weighted by Crippen LogP contribution is -2.24. The molecule has 0 bridgehead atoms. The van der Waals surface area contributed by atoms with Crippen LogP contribution in [0, 0.1) is 0 Å². The molecule has 142 valence electrons. The Morgan fingerprint density at radius 3 is 2.00 bits per heavy atom. The second-order valence-corrected chi connectivity index (χ2v) is 6.82. The van der Waals surface area contributed by atoms with Crippen molar-refractivity contribution in [1.82, 2.24) is 5.32 Å². The average Bonchev–Trinajstić information content (AvgIpc) is 2.73. The first kappa shape index (κ1) is 19.6. The number of hydrogen-bond donors (Lipinski definition) is 2. The molecular weight excluding hydrogens is 372 g/mol. The summed E-state index contributed by atoms with van der Waals surface area (Å²) >= 11 is 5.84. The van der Waals surface area contributed by atoms with Gasteiger partial charge in [-0.3, -0.25) is 9.59 Å². The summed E-state index contributed by atoms with van der Waals surface area (Å²) in [5.41, 5.74) is 2.93. The number of hydrogen-bond acceptors (Lipinski definition) is 2. The molecule has 4 nitrogen and oxygen atoms in total. The fourth-order valence-electron chi connectivity index (χ4n) is 2.75. The Morgan fingerprint density at radius 2 is 1.36 bits per heavy atom. The van der Waals surface area contributed by atoms with Gasteiger partial charge < -0.3 is 10.6 Å². The molecular formula is C23H21ClN2O2. The molecule has 0 radical (unpaired) electrons. The molecule has 0 spiro atoms. The number of carbonyl (C=O) groups excluding carboxylic acids is 2. The van der Waals surface area contributed by atoms with E-state index in [0.717, 1.165) is 12.8 Å². The normalized spacial score (nSPS) is 10.3. The molecule has 0 aliphatic heterocycles. The first-order chi connectivity index (χ1) is 13.6. The Labute approximate surface area is 169 Å². The standard InChI is InChI=1S/C23H21ClN2O2/c24-20-12-14-21(15-13-20)26-23(28)19-10-8-18(9-11-19)22(27)25-16-4-7-17-5-2-1-3-6-17/h1-3,5-6,8-15H,4,7,16H2,(H,25,27)(H,26,28). The Bertz CT molecular complexity index is 923. The van der Waals surface area contributed by atoms with Gasteiger partial charge in [0.15, 0.2) is 0 Å². The molecule has 5 heteroatoms. The van der Waals surface area contributed by atoms with Crippen LogP contribution in [-0.4, -0.2) is 18.4 Å². The van der Waals surface area contributed by atoms with Gasteiger partial charge in [-0.2, -0.15) is 0 Å². The highest BCUT2D eigenvalue weighted by Crippen LogP contribution is 2.15. The second-order valence-electron chi connectivity index (χ2n) is 6.38. The second kappa shape index (κ2) is 9.72. The fraction of sp³-hybridized carbons (Fsp3) is 0.130. The molecule has 0 heterocycles. The summed E-state index contributed by atoms with van der Waals surface area (Å²) in [5, 5.41) is 6.31. The van der Waals surface area contributed by atoms with Crippen LogP contribution >= 0.6 is 11.6 Å². The molecule has 2 N–H and O–H groups in total. The summed E-state index contributed by atoms with van der Waals surface area (Å²) in [4.78, 5) is 24.5. The predicted octanol–water partition coefficient (Wildman–Crippen LogP) is 4.95. The summed E-state index contributed by atoms with van der Waals surface area (Å²) in [6.45, 7) is 0.604. The van der Waals surface area contributed by atoms with E-state index in [1.807, 2.05) is 18.2 Å². The number of rotatable bonds is 7. The van der Waals surface area contributed by atoms with Crippen LogP contribution in [0.2, 0.25) is 5.02 Å². The van der Waals surface area contributed by atoms with Crippen LogP contribution < -0.4 is 10.6 Å². The van der Waals surface area contributed by atoms with Gasteiger partial charge in [0, 0.05) is 28.4 Å². The van der Waals surface area contributed by atoms with Crippen molar-refractivity contribution >= 4 is 29.1 Å². The zero-order valence-electron chi connectivity index (χ0n) is 15.3. The van der Waals surface area contributed by atoms with Gasteiger partial charge >= 0.3 is 0 Å². The molecule has 3 rings (SSSR count). The Kier molecular flexibility index (Phi) is 6.82. The molecule has 2 amide bonds. The highest BCUT2D eigenvalue weighted by molar-refractivity contribution is 6.30. The molecule has 0 atom stereocenters. The van der Waals surface area contributed by atoms with Crippen LogP contribution in [-0.2, 0) is 6.42 Å². The number of benzene rings is 3. The lowest BCUT2D eigenvalue weighted by molar-refractivity contribution is 0.0951. The summed E-state index contributed by atoms with van der Waals surface area (Å²) < 4.78 is 0. The van der Waals surface area contributed by atoms with Gasteiger partial charge in [0.25, 0.3) is 11.8 Å². The van der Waals surface area contributed by atoms with Gasteiger partial charge in [0.2, 0.25) is 0 Å². The van der Waals surface area contributed by atoms with E-state index in [1.54, 1.807) is 48.5 Å². The molecule has 0 fully saturated rings. The minimum Gasteiger partial charge on any atom is -0.352 e. The van der Waals surface area contributed by atoms with Crippen molar-refractivity contribution < 1.29 is 9.59 Å². The number of nitrogens with one attached hydrogen (secondary N) is 2. The largest absolute Gasteiger partial charge is 0.352 e. The van der Waals surface area contributed by atoms with Gasteiger partial charge in [0.1, 0.15) is 0 Å². The summed E-state index contributed by atoms with van der Waals surface area (Å²) in [5.74, 6) is -0.380. The van der Waals surface area contributed by atoms with E-state index in [2.05, 4.69) is 22.8 Å². The van der Waals surface area contributed by atoms with E-state index in [-0.39, 0.29) is 11.8 Å². The Balaban J connectivity index is 1.48. The van der Waals surface area contributed by atoms with Gasteiger partial charge in [-0.1, -0.05) is 41.9 Å². The van der Waals surface area contributed by atoms with E-state index in [1.165, 1.54) is 5.56 Å². The molecule has 0 saturated heterocycles. The zero-order chi connectivity index (χ0) is 19.8. The summed E-state index contributed by atoms with van der Waals surface area (Å²) in [6, 6.07) is 23.7. The van der Waals surface area contributed by atoms with Crippen molar-refractivity contribution in [3.63, 3.8) is 0 Å². The summed E-state index contributed by atoms with van der Waals surface area (Å²) in [6.07, 6.45) is 1.79. The van der Waals surface area contributed by atoms with Crippen molar-refractivity contribution in [1.29, 1.82) is 0 Å². The molecule has 0 unspecified atom stereocenters. The quantitative estimate of drug-likeness (QED) is 0.558. The average molecular weight is 393 g/mol. The highest BCUT2D eigenvalue weighted by atomic mass is 35.5. The molecule has 0 aromatic heterocycles. The van der Waals surface area contributed by atoms with Crippen LogP contribution in [0.5, 0.6) is 0 Å². The minimum atomic E-state index is -0.239. The van der Waals surface area contributed by atoms with E-state index < -0.39 is 0 Å². The van der Waals surface area contributed by atoms with Gasteiger partial charge in [-0.25, -0.2) is 0 Å². The van der Waals surface area contributed by atoms with Crippen molar-refractivity contribution in [2.24, 2.45) is 0 Å². The van der Waals surface area contributed by atoms with Crippen LogP contribution in [0.25, 0.3) is 0 Å². The van der Waals surface area contributed by atoms with Crippen LogP contribution in [0.1, 0.15) is 32.7 Å². The molecule has 28 heavy (non-hydrogen) atoms. The lowest BCUT2D eigenvalue weighted by atomic mass is 10.1. The Morgan fingerprint density at radius 1 is 0.750 bits per heavy atom. The SMILES string of the molecule is O=C(NCCCc1ccccc1)c1ccc(C(=O)Nc2ccc(Cl)cc2)cc1. The van der Waals surface area contributed by atoms with Gasteiger partial charge in [0.05, 0.1) is 0 Å². The van der Waals surface area contributed by atoms with Crippen molar-refractivity contribution in [2.45, 2.75) is 12.8 Å². The summed E-state index contributed by atoms with van der Waals surface area (Å²) in [7, 11) is 0. The smallest absolute Gasteiger partial charge is 0.255 e. The first-order valence-electron chi connectivity index (χ1n) is 9.11. The minimum absolute atomic E-state index is 0.141. The van der Waals surface area contributed by atoms with Crippen molar-refractivity contribution in [3.05, 3.63) is 101 Å². The Hall–Kier alpha value is -3.11. The van der Waals surface area contributed by atoms with E-state index in [0.29, 0.717) is 28.4 Å². The van der Waals surface area contributed by atoms with Gasteiger partial charge in [-0.15, -0.1) is 0 Å². The van der Waals surface area contributed by atoms with Crippen molar-refractivity contribution in [3.8, 4) is 0 Å². The van der Waals surface area contributed by atoms with E-state index >= 15 is 0 Å². The number of aryl methyl sites for hydroxylation is 1. The lowest BCUT2D eigenvalue weighted by Gasteiger charge is -2.08. The molecule has 0 aliphatic carbocycles. The number of carbonyl (C=O) groups is 2. The third-order valence-electron chi connectivity index (χ3n) is 4.28. The monoisotopic (exact) mass is 392 g/mol. The molecule has 0 aliphatic rings. The fourth-order valence-corrected chi connectivity index (χ4v) is 2.88. The number of amides is 2. The third-order valence-corrected chi connectivity index (χ3v) is 4.53. The maximum atomic E-state index is 12.3. The number of anilines is 1. The maximum Gasteiger partial charge on any atom is 0.255 e. The van der Waals surface area contributed by atoms with E-state index in [9.17, 15) is 9.59 Å². The van der Waals surface area contributed by atoms with Crippen LogP contribution in [0.4, 0.5) is 5.69 Å². The van der Waals surface area contributed by atoms with Gasteiger partial charge in [-0.05, 0) is 66.9 Å². The molecule has 3 aromatic carbocycles. The third kappa shape index (κ3) is 5.69. The van der Waals surface area contributed by atoms with Crippen LogP contribution in [0.3, 0.4) is 0 Å². The van der Waals surface area contributed by atoms with Crippen molar-refractivity contribution in [2.75, 3.05) is 11.9 Å². The topological polar surface area (TPSA) is 58.2 Å². The predicted molar refractivity (Wildman–Crippen MR) is 113 cm³/mol. The molecule has 3 aromatic rings. The van der Waals surface area contributed by atoms with E-state index in [4.69, 9.17) is 11.6 Å². The molecule has 0 saturated carbocycles. The zero-order valence-corrected chi connectivity index (χ0v) is 16.1. The maximum absolute atomic E-state index is 12.3. The van der Waals surface area contributed by atoms with Crippen LogP contribution in [0.15, 0.2) is 78.9 Å². The highest BCUT2D eigenvalue weighted by Gasteiger charge is 2.09. The number of halogens is 1. The first-order valence-corrected chi connectivity index (χ1v) is 9.49.